The molecule has 0 aliphatic rings. The molecule has 0 fully saturated rings. The molecule has 0 radical (unpaired) electrons. The van der Waals surface area contributed by atoms with Crippen LogP contribution in [-0.4, -0.2) is 38.9 Å². The summed E-state index contributed by atoms with van der Waals surface area (Å²) in [5.41, 5.74) is 5.04. The zero-order chi connectivity index (χ0) is 16.2. The summed E-state index contributed by atoms with van der Waals surface area (Å²) in [5, 5.41) is -0.298. The van der Waals surface area contributed by atoms with Crippen molar-refractivity contribution in [3.63, 3.8) is 0 Å². The highest BCUT2D eigenvalue weighted by molar-refractivity contribution is 7.89. The number of nitrogens with zero attached hydrogens (tertiary/aromatic N) is 1. The molecule has 1 rings (SSSR count). The van der Waals surface area contributed by atoms with E-state index < -0.39 is 28.4 Å². The highest BCUT2D eigenvalue weighted by Crippen LogP contribution is 2.28. The van der Waals surface area contributed by atoms with Crippen LogP contribution >= 0.6 is 11.6 Å². The highest BCUT2D eigenvalue weighted by Gasteiger charge is 2.29. The molecule has 9 heteroatoms. The molecule has 0 aliphatic heterocycles. The monoisotopic (exact) mass is 338 g/mol. The molecule has 2 N–H and O–H groups in total. The third kappa shape index (κ3) is 4.05. The van der Waals surface area contributed by atoms with Gasteiger partial charge in [0.15, 0.2) is 0 Å². The van der Waals surface area contributed by atoms with Gasteiger partial charge in [0.2, 0.25) is 10.0 Å². The molecule has 0 unspecified atom stereocenters. The number of sulfonamides is 1. The smallest absolute Gasteiger partial charge is 0.321 e. The van der Waals surface area contributed by atoms with Crippen molar-refractivity contribution in [3.05, 3.63) is 23.0 Å². The summed E-state index contributed by atoms with van der Waals surface area (Å²) in [7, 11) is -2.93. The molecular weight excluding hydrogens is 323 g/mol. The first-order chi connectivity index (χ1) is 9.73. The number of halogens is 2. The van der Waals surface area contributed by atoms with E-state index in [-0.39, 0.29) is 22.2 Å². The van der Waals surface area contributed by atoms with E-state index in [1.54, 1.807) is 6.92 Å². The average Bonchev–Trinajstić information content (AvgIpc) is 2.41. The van der Waals surface area contributed by atoms with Crippen LogP contribution in [0.15, 0.2) is 17.0 Å². The van der Waals surface area contributed by atoms with Gasteiger partial charge in [-0.3, -0.25) is 4.79 Å². The SMILES string of the molecule is CCCN(CC(=O)OC)S(=O)(=O)c1cc(N)c(F)cc1Cl. The maximum absolute atomic E-state index is 13.3. The van der Waals surface area contributed by atoms with Gasteiger partial charge in [-0.1, -0.05) is 18.5 Å². The lowest BCUT2D eigenvalue weighted by molar-refractivity contribution is -0.140. The fraction of sp³-hybridized carbons (Fsp3) is 0.417. The standard InChI is InChI=1S/C12H16ClFN2O4S/c1-3-4-16(7-12(17)20-2)21(18,19)11-6-10(15)9(14)5-8(11)13/h5-6H,3-4,7,15H2,1-2H3. The van der Waals surface area contributed by atoms with Crippen LogP contribution < -0.4 is 5.73 Å². The Balaban J connectivity index is 3.28. The number of ether oxygens (including phenoxy) is 1. The molecule has 118 valence electrons. The minimum atomic E-state index is -4.08. The van der Waals surface area contributed by atoms with E-state index in [1.165, 1.54) is 0 Å². The first-order valence-electron chi connectivity index (χ1n) is 6.05. The van der Waals surface area contributed by atoms with Crippen LogP contribution in [0.25, 0.3) is 0 Å². The zero-order valence-electron chi connectivity index (χ0n) is 11.6. The molecule has 6 nitrogen and oxygen atoms in total. The Kier molecular flexibility index (Phi) is 5.94. The second-order valence-corrected chi connectivity index (χ2v) is 6.53. The molecule has 1 aromatic carbocycles. The van der Waals surface area contributed by atoms with Gasteiger partial charge >= 0.3 is 5.97 Å². The number of esters is 1. The van der Waals surface area contributed by atoms with Gasteiger partial charge in [-0.25, -0.2) is 12.8 Å². The predicted octanol–water partition coefficient (Wildman–Crippen LogP) is 1.63. The average molecular weight is 339 g/mol. The van der Waals surface area contributed by atoms with E-state index in [9.17, 15) is 17.6 Å². The number of hydrogen-bond donors (Lipinski definition) is 1. The van der Waals surface area contributed by atoms with Gasteiger partial charge in [0.25, 0.3) is 0 Å². The maximum Gasteiger partial charge on any atom is 0.321 e. The fourth-order valence-corrected chi connectivity index (χ4v) is 3.62. The molecule has 0 spiro atoms. The van der Waals surface area contributed by atoms with Gasteiger partial charge in [0, 0.05) is 6.54 Å². The molecule has 0 saturated heterocycles. The first-order valence-corrected chi connectivity index (χ1v) is 7.87. The summed E-state index contributed by atoms with van der Waals surface area (Å²) in [6.07, 6.45) is 0.477. The summed E-state index contributed by atoms with van der Waals surface area (Å²) in [6.45, 7) is 1.38. The van der Waals surface area contributed by atoms with E-state index in [1.807, 2.05) is 0 Å². The number of methoxy groups -OCH3 is 1. The van der Waals surface area contributed by atoms with Gasteiger partial charge in [-0.05, 0) is 18.6 Å². The Morgan fingerprint density at radius 3 is 2.62 bits per heavy atom. The topological polar surface area (TPSA) is 89.7 Å². The lowest BCUT2D eigenvalue weighted by Gasteiger charge is -2.21. The number of nitrogen functional groups attached to an aromatic ring is 1. The molecule has 0 atom stereocenters. The molecule has 0 aromatic heterocycles. The van der Waals surface area contributed by atoms with Crippen molar-refractivity contribution in [2.75, 3.05) is 25.9 Å². The van der Waals surface area contributed by atoms with Crippen LogP contribution in [0.3, 0.4) is 0 Å². The number of carbonyl (C=O) groups is 1. The molecule has 0 saturated carbocycles. The number of nitrogens with two attached hydrogens (primary N) is 1. The summed E-state index contributed by atoms with van der Waals surface area (Å²) < 4.78 is 43.7. The van der Waals surface area contributed by atoms with Crippen molar-refractivity contribution in [3.8, 4) is 0 Å². The molecule has 0 bridgehead atoms. The molecule has 0 heterocycles. The van der Waals surface area contributed by atoms with Crippen molar-refractivity contribution in [2.24, 2.45) is 0 Å². The molecular formula is C12H16ClFN2O4S. The van der Waals surface area contributed by atoms with E-state index in [0.29, 0.717) is 6.42 Å². The first kappa shape index (κ1) is 17.7. The van der Waals surface area contributed by atoms with Crippen LogP contribution in [0.4, 0.5) is 10.1 Å². The van der Waals surface area contributed by atoms with Crippen molar-refractivity contribution < 1.29 is 22.3 Å². The van der Waals surface area contributed by atoms with Crippen molar-refractivity contribution in [1.29, 1.82) is 0 Å². The Labute approximate surface area is 127 Å². The molecule has 0 amide bonds. The second kappa shape index (κ2) is 7.06. The Hall–Kier alpha value is -1.38. The van der Waals surface area contributed by atoms with Crippen molar-refractivity contribution in [2.45, 2.75) is 18.2 Å². The quantitative estimate of drug-likeness (QED) is 0.629. The van der Waals surface area contributed by atoms with Crippen LogP contribution in [0, 0.1) is 5.82 Å². The molecule has 1 aromatic rings. The number of carbonyl (C=O) groups excluding carboxylic acids is 1. The van der Waals surface area contributed by atoms with Crippen molar-refractivity contribution in [1.82, 2.24) is 4.31 Å². The van der Waals surface area contributed by atoms with Gasteiger partial charge in [0.1, 0.15) is 17.3 Å². The van der Waals surface area contributed by atoms with Gasteiger partial charge < -0.3 is 10.5 Å². The van der Waals surface area contributed by atoms with Crippen molar-refractivity contribution >= 4 is 33.3 Å². The van der Waals surface area contributed by atoms with Gasteiger partial charge in [0.05, 0.1) is 17.8 Å². The van der Waals surface area contributed by atoms with Crippen LogP contribution in [0.1, 0.15) is 13.3 Å². The van der Waals surface area contributed by atoms with E-state index in [2.05, 4.69) is 4.74 Å². The van der Waals surface area contributed by atoms with E-state index in [4.69, 9.17) is 17.3 Å². The number of benzene rings is 1. The number of rotatable bonds is 6. The normalized spacial score (nSPS) is 11.7. The summed E-state index contributed by atoms with van der Waals surface area (Å²) in [6, 6.07) is 1.76. The largest absolute Gasteiger partial charge is 0.468 e. The highest BCUT2D eigenvalue weighted by atomic mass is 35.5. The maximum atomic E-state index is 13.3. The third-order valence-corrected chi connectivity index (χ3v) is 4.99. The molecule has 21 heavy (non-hydrogen) atoms. The third-order valence-electron chi connectivity index (χ3n) is 2.68. The fourth-order valence-electron chi connectivity index (χ4n) is 1.62. The minimum Gasteiger partial charge on any atom is -0.468 e. The lowest BCUT2D eigenvalue weighted by atomic mass is 10.3. The van der Waals surface area contributed by atoms with Crippen LogP contribution in [0.2, 0.25) is 5.02 Å². The number of anilines is 1. The minimum absolute atomic E-state index is 0.0883. The summed E-state index contributed by atoms with van der Waals surface area (Å²) in [5.74, 6) is -1.52. The van der Waals surface area contributed by atoms with Crippen LogP contribution in [-0.2, 0) is 19.6 Å². The zero-order valence-corrected chi connectivity index (χ0v) is 13.2. The second-order valence-electron chi connectivity index (χ2n) is 4.22. The van der Waals surface area contributed by atoms with Gasteiger partial charge in [-0.15, -0.1) is 0 Å². The Morgan fingerprint density at radius 2 is 2.10 bits per heavy atom. The van der Waals surface area contributed by atoms with E-state index in [0.717, 1.165) is 23.5 Å². The molecule has 0 aliphatic carbocycles. The predicted molar refractivity (Wildman–Crippen MR) is 76.9 cm³/mol. The van der Waals surface area contributed by atoms with Crippen LogP contribution in [0.5, 0.6) is 0 Å². The van der Waals surface area contributed by atoms with E-state index >= 15 is 0 Å². The number of hydrogen-bond acceptors (Lipinski definition) is 5. The Bertz CT molecular complexity index is 636. The summed E-state index contributed by atoms with van der Waals surface area (Å²) in [4.78, 5) is 11.0. The Morgan fingerprint density at radius 1 is 1.48 bits per heavy atom. The van der Waals surface area contributed by atoms with Gasteiger partial charge in [-0.2, -0.15) is 4.31 Å². The lowest BCUT2D eigenvalue weighted by Crippen LogP contribution is -2.37. The summed E-state index contributed by atoms with van der Waals surface area (Å²) >= 11 is 5.78.